The maximum atomic E-state index is 11.9. The van der Waals surface area contributed by atoms with E-state index in [0.717, 1.165) is 5.69 Å². The van der Waals surface area contributed by atoms with E-state index in [1.54, 1.807) is 13.8 Å². The summed E-state index contributed by atoms with van der Waals surface area (Å²) in [5.41, 5.74) is 1.94. The molecule has 20 heavy (non-hydrogen) atoms. The van der Waals surface area contributed by atoms with E-state index in [4.69, 9.17) is 4.74 Å². The number of H-pyrrole nitrogens is 1. The van der Waals surface area contributed by atoms with Crippen LogP contribution in [0.1, 0.15) is 28.5 Å². The van der Waals surface area contributed by atoms with Crippen molar-refractivity contribution in [2.45, 2.75) is 13.8 Å². The third-order valence-electron chi connectivity index (χ3n) is 2.78. The molecule has 0 saturated carbocycles. The zero-order valence-corrected chi connectivity index (χ0v) is 11.4. The summed E-state index contributed by atoms with van der Waals surface area (Å²) in [5.74, 6) is -0.568. The molecule has 104 valence electrons. The molecule has 0 aliphatic carbocycles. The van der Waals surface area contributed by atoms with Gasteiger partial charge in [-0.3, -0.25) is 4.99 Å². The molecule has 0 aliphatic heterocycles. The van der Waals surface area contributed by atoms with Gasteiger partial charge in [0.1, 0.15) is 0 Å². The van der Waals surface area contributed by atoms with Crippen LogP contribution in [0.4, 0.5) is 5.69 Å². The first-order chi connectivity index (χ1) is 9.63. The lowest BCUT2D eigenvalue weighted by Crippen LogP contribution is -2.07. The number of hydrogen-bond donors (Lipinski definition) is 2. The van der Waals surface area contributed by atoms with Crippen molar-refractivity contribution in [1.29, 1.82) is 0 Å². The first-order valence-electron chi connectivity index (χ1n) is 6.31. The van der Waals surface area contributed by atoms with E-state index in [0.29, 0.717) is 16.8 Å². The van der Waals surface area contributed by atoms with Gasteiger partial charge in [-0.1, -0.05) is 18.2 Å². The minimum Gasteiger partial charge on any atom is -0.494 e. The molecule has 2 rings (SSSR count). The minimum atomic E-state index is -0.476. The van der Waals surface area contributed by atoms with Crippen molar-refractivity contribution in [3.8, 4) is 5.88 Å². The lowest BCUT2D eigenvalue weighted by atomic mass is 10.1. The number of nitrogens with zero attached hydrogens (tertiary/aromatic N) is 1. The van der Waals surface area contributed by atoms with Crippen molar-refractivity contribution in [3.63, 3.8) is 0 Å². The number of ether oxygens (including phenoxy) is 1. The van der Waals surface area contributed by atoms with Crippen molar-refractivity contribution in [2.75, 3.05) is 6.61 Å². The molecule has 1 aromatic carbocycles. The van der Waals surface area contributed by atoms with Gasteiger partial charge in [0.15, 0.2) is 5.88 Å². The molecule has 1 aromatic heterocycles. The summed E-state index contributed by atoms with van der Waals surface area (Å²) in [6.07, 6.45) is 1.46. The van der Waals surface area contributed by atoms with Crippen molar-refractivity contribution in [3.05, 3.63) is 47.2 Å². The van der Waals surface area contributed by atoms with Gasteiger partial charge in [0.05, 0.1) is 23.4 Å². The number of rotatable bonds is 4. The fourth-order valence-corrected chi connectivity index (χ4v) is 1.87. The van der Waals surface area contributed by atoms with Crippen LogP contribution in [0.15, 0.2) is 35.3 Å². The number of carbonyl (C=O) groups excluding carboxylic acids is 1. The SMILES string of the molecule is CCOC(=O)c1c(C)[nH]c(O)c1C=Nc1ccccc1. The van der Waals surface area contributed by atoms with Crippen LogP contribution in [0.3, 0.4) is 0 Å². The summed E-state index contributed by atoms with van der Waals surface area (Å²) in [4.78, 5) is 18.9. The summed E-state index contributed by atoms with van der Waals surface area (Å²) in [5, 5.41) is 9.85. The van der Waals surface area contributed by atoms with Crippen LogP contribution in [0.5, 0.6) is 5.88 Å². The third-order valence-corrected chi connectivity index (χ3v) is 2.78. The maximum Gasteiger partial charge on any atom is 0.340 e. The van der Waals surface area contributed by atoms with E-state index in [1.807, 2.05) is 30.3 Å². The Balaban J connectivity index is 2.36. The Morgan fingerprint density at radius 1 is 1.40 bits per heavy atom. The molecule has 0 amide bonds. The Morgan fingerprint density at radius 3 is 2.75 bits per heavy atom. The van der Waals surface area contributed by atoms with E-state index in [-0.39, 0.29) is 12.5 Å². The van der Waals surface area contributed by atoms with Crippen molar-refractivity contribution in [2.24, 2.45) is 4.99 Å². The predicted octanol–water partition coefficient (Wildman–Crippen LogP) is 2.96. The average Bonchev–Trinajstić information content (AvgIpc) is 2.72. The van der Waals surface area contributed by atoms with Crippen LogP contribution < -0.4 is 0 Å². The highest BCUT2D eigenvalue weighted by Crippen LogP contribution is 2.24. The molecule has 0 unspecified atom stereocenters. The third kappa shape index (κ3) is 2.88. The standard InChI is InChI=1S/C15H16N2O3/c1-3-20-15(19)13-10(2)17-14(18)12(13)9-16-11-7-5-4-6-8-11/h4-9,17-18H,3H2,1-2H3. The first kappa shape index (κ1) is 13.9. The Labute approximate surface area is 116 Å². The van der Waals surface area contributed by atoms with E-state index < -0.39 is 5.97 Å². The van der Waals surface area contributed by atoms with Crippen LogP contribution in [0, 0.1) is 6.92 Å². The van der Waals surface area contributed by atoms with Crippen LogP contribution in [-0.2, 0) is 4.74 Å². The number of benzene rings is 1. The molecular weight excluding hydrogens is 256 g/mol. The predicted molar refractivity (Wildman–Crippen MR) is 76.8 cm³/mol. The summed E-state index contributed by atoms with van der Waals surface area (Å²) >= 11 is 0. The molecule has 0 saturated heterocycles. The second-order valence-corrected chi connectivity index (χ2v) is 4.20. The number of nitrogens with one attached hydrogen (secondary N) is 1. The van der Waals surface area contributed by atoms with Gasteiger partial charge >= 0.3 is 5.97 Å². The fraction of sp³-hybridized carbons (Fsp3) is 0.200. The highest BCUT2D eigenvalue weighted by molar-refractivity contribution is 6.02. The molecule has 5 heteroatoms. The number of esters is 1. The lowest BCUT2D eigenvalue weighted by molar-refractivity contribution is 0.0525. The molecule has 0 fully saturated rings. The Hall–Kier alpha value is -2.56. The monoisotopic (exact) mass is 272 g/mol. The number of aromatic nitrogens is 1. The zero-order chi connectivity index (χ0) is 14.5. The molecule has 0 aliphatic rings. The van der Waals surface area contributed by atoms with E-state index in [2.05, 4.69) is 9.98 Å². The van der Waals surface area contributed by atoms with Crippen LogP contribution in [-0.4, -0.2) is 28.9 Å². The molecule has 0 spiro atoms. The molecule has 2 N–H and O–H groups in total. The molecular formula is C15H16N2O3. The van der Waals surface area contributed by atoms with Crippen LogP contribution >= 0.6 is 0 Å². The normalized spacial score (nSPS) is 10.9. The number of carbonyl (C=O) groups is 1. The second-order valence-electron chi connectivity index (χ2n) is 4.20. The van der Waals surface area contributed by atoms with Crippen LogP contribution in [0.25, 0.3) is 0 Å². The summed E-state index contributed by atoms with van der Waals surface area (Å²) < 4.78 is 4.98. The molecule has 2 aromatic rings. The zero-order valence-electron chi connectivity index (χ0n) is 11.4. The lowest BCUT2D eigenvalue weighted by Gasteiger charge is -2.02. The summed E-state index contributed by atoms with van der Waals surface area (Å²) in [7, 11) is 0. The number of aliphatic imine (C=N–C) groups is 1. The smallest absolute Gasteiger partial charge is 0.340 e. The fourth-order valence-electron chi connectivity index (χ4n) is 1.87. The Kier molecular flexibility index (Phi) is 4.20. The molecule has 0 atom stereocenters. The van der Waals surface area contributed by atoms with E-state index in [9.17, 15) is 9.90 Å². The largest absolute Gasteiger partial charge is 0.494 e. The molecule has 5 nitrogen and oxygen atoms in total. The number of aromatic hydroxyl groups is 1. The molecule has 1 heterocycles. The van der Waals surface area contributed by atoms with Gasteiger partial charge in [0.2, 0.25) is 0 Å². The van der Waals surface area contributed by atoms with E-state index >= 15 is 0 Å². The minimum absolute atomic E-state index is 0.0924. The van der Waals surface area contributed by atoms with Gasteiger partial charge in [-0.05, 0) is 26.0 Å². The number of aryl methyl sites for hydroxylation is 1. The molecule has 0 bridgehead atoms. The van der Waals surface area contributed by atoms with Gasteiger partial charge in [-0.15, -0.1) is 0 Å². The van der Waals surface area contributed by atoms with Gasteiger partial charge < -0.3 is 14.8 Å². The van der Waals surface area contributed by atoms with Gasteiger partial charge in [-0.25, -0.2) is 4.79 Å². The van der Waals surface area contributed by atoms with Crippen molar-refractivity contribution in [1.82, 2.24) is 4.98 Å². The van der Waals surface area contributed by atoms with Gasteiger partial charge in [0.25, 0.3) is 0 Å². The number of aromatic amines is 1. The van der Waals surface area contributed by atoms with E-state index in [1.165, 1.54) is 6.21 Å². The van der Waals surface area contributed by atoms with Gasteiger partial charge in [-0.2, -0.15) is 0 Å². The first-order valence-corrected chi connectivity index (χ1v) is 6.31. The Morgan fingerprint density at radius 2 is 2.10 bits per heavy atom. The average molecular weight is 272 g/mol. The quantitative estimate of drug-likeness (QED) is 0.663. The highest BCUT2D eigenvalue weighted by Gasteiger charge is 2.20. The Bertz CT molecular complexity index is 630. The summed E-state index contributed by atoms with van der Waals surface area (Å²) in [6.45, 7) is 3.71. The van der Waals surface area contributed by atoms with Gasteiger partial charge in [0, 0.05) is 11.9 Å². The van der Waals surface area contributed by atoms with Crippen molar-refractivity contribution >= 4 is 17.9 Å². The number of hydrogen-bond acceptors (Lipinski definition) is 4. The van der Waals surface area contributed by atoms with Crippen molar-refractivity contribution < 1.29 is 14.6 Å². The summed E-state index contributed by atoms with van der Waals surface area (Å²) in [6, 6.07) is 9.28. The van der Waals surface area contributed by atoms with Crippen LogP contribution in [0.2, 0.25) is 0 Å². The molecule has 0 radical (unpaired) electrons. The topological polar surface area (TPSA) is 74.7 Å². The second kappa shape index (κ2) is 6.06. The number of para-hydroxylation sites is 1. The highest BCUT2D eigenvalue weighted by atomic mass is 16.5. The maximum absolute atomic E-state index is 11.9.